The molecular weight excluding hydrogens is 370 g/mol. The molecule has 134 valence electrons. The molecule has 0 atom stereocenters. The van der Waals surface area contributed by atoms with Crippen LogP contribution in [0.1, 0.15) is 11.1 Å². The summed E-state index contributed by atoms with van der Waals surface area (Å²) >= 11 is 7.15. The van der Waals surface area contributed by atoms with Gasteiger partial charge in [0.1, 0.15) is 5.01 Å². The highest BCUT2D eigenvalue weighted by Crippen LogP contribution is 2.31. The lowest BCUT2D eigenvalue weighted by atomic mass is 10.2. The number of hydrogen-bond donors (Lipinski definition) is 2. The molecule has 0 saturated heterocycles. The molecule has 3 nitrogen and oxygen atoms in total. The summed E-state index contributed by atoms with van der Waals surface area (Å²) in [5.74, 6) is 0. The standard InChI is InChI=1S/C22H19N3S2/c1-14-7-12-19-20(13-14)27-21(24-19)16-8-10-17(11-9-16)23-22(26)25-18-6-4-3-5-15(18)2/h3-13H,1-2H3,(H2,23,25,26). The van der Waals surface area contributed by atoms with Crippen LogP contribution in [0.25, 0.3) is 20.8 Å². The zero-order valence-electron chi connectivity index (χ0n) is 15.1. The summed E-state index contributed by atoms with van der Waals surface area (Å²) in [4.78, 5) is 4.74. The van der Waals surface area contributed by atoms with E-state index in [4.69, 9.17) is 17.2 Å². The number of para-hydroxylation sites is 1. The molecule has 0 saturated carbocycles. The van der Waals surface area contributed by atoms with Gasteiger partial charge in [-0.3, -0.25) is 0 Å². The van der Waals surface area contributed by atoms with Crippen LogP contribution >= 0.6 is 23.6 Å². The van der Waals surface area contributed by atoms with Crippen LogP contribution in [0.2, 0.25) is 0 Å². The number of aryl methyl sites for hydroxylation is 2. The van der Waals surface area contributed by atoms with Gasteiger partial charge < -0.3 is 10.6 Å². The average Bonchev–Trinajstić information content (AvgIpc) is 3.07. The fraction of sp³-hybridized carbons (Fsp3) is 0.0909. The highest BCUT2D eigenvalue weighted by Gasteiger charge is 2.07. The van der Waals surface area contributed by atoms with Crippen LogP contribution in [0.5, 0.6) is 0 Å². The largest absolute Gasteiger partial charge is 0.332 e. The molecule has 4 aromatic rings. The van der Waals surface area contributed by atoms with Crippen LogP contribution in [0.4, 0.5) is 11.4 Å². The third-order valence-electron chi connectivity index (χ3n) is 4.33. The Morgan fingerprint density at radius 3 is 2.48 bits per heavy atom. The SMILES string of the molecule is Cc1ccc2nc(-c3ccc(NC(=S)Nc4ccccc4C)cc3)sc2c1. The Morgan fingerprint density at radius 1 is 0.926 bits per heavy atom. The van der Waals surface area contributed by atoms with Crippen LogP contribution in [-0.4, -0.2) is 10.1 Å². The Labute approximate surface area is 168 Å². The predicted molar refractivity (Wildman–Crippen MR) is 121 cm³/mol. The third-order valence-corrected chi connectivity index (χ3v) is 5.60. The van der Waals surface area contributed by atoms with Gasteiger partial charge in [-0.15, -0.1) is 11.3 Å². The van der Waals surface area contributed by atoms with Gasteiger partial charge >= 0.3 is 0 Å². The molecule has 1 heterocycles. The summed E-state index contributed by atoms with van der Waals surface area (Å²) in [7, 11) is 0. The molecule has 0 bridgehead atoms. The average molecular weight is 390 g/mol. The molecule has 2 N–H and O–H groups in total. The molecule has 0 amide bonds. The number of thiazole rings is 1. The molecule has 0 radical (unpaired) electrons. The van der Waals surface area contributed by atoms with Crippen LogP contribution in [0.15, 0.2) is 66.7 Å². The molecular formula is C22H19N3S2. The number of aromatic nitrogens is 1. The van der Waals surface area contributed by atoms with Crippen molar-refractivity contribution in [2.75, 3.05) is 10.6 Å². The van der Waals surface area contributed by atoms with Gasteiger partial charge in [0, 0.05) is 16.9 Å². The molecule has 4 rings (SSSR count). The van der Waals surface area contributed by atoms with Crippen molar-refractivity contribution in [2.45, 2.75) is 13.8 Å². The van der Waals surface area contributed by atoms with Gasteiger partial charge in [0.05, 0.1) is 10.2 Å². The Bertz CT molecular complexity index is 1110. The Balaban J connectivity index is 1.48. The van der Waals surface area contributed by atoms with Crippen LogP contribution in [0, 0.1) is 13.8 Å². The number of anilines is 2. The lowest BCUT2D eigenvalue weighted by molar-refractivity contribution is 1.45. The van der Waals surface area contributed by atoms with E-state index in [-0.39, 0.29) is 0 Å². The van der Waals surface area contributed by atoms with Crippen molar-refractivity contribution in [3.05, 3.63) is 77.9 Å². The van der Waals surface area contributed by atoms with E-state index >= 15 is 0 Å². The minimum absolute atomic E-state index is 0.576. The molecule has 0 aliphatic rings. The first-order valence-corrected chi connectivity index (χ1v) is 9.92. The monoisotopic (exact) mass is 389 g/mol. The van der Waals surface area contributed by atoms with Crippen LogP contribution in [-0.2, 0) is 0 Å². The van der Waals surface area contributed by atoms with E-state index in [0.717, 1.165) is 33.0 Å². The van der Waals surface area contributed by atoms with Gasteiger partial charge in [-0.25, -0.2) is 4.98 Å². The fourth-order valence-electron chi connectivity index (χ4n) is 2.85. The van der Waals surface area contributed by atoms with Gasteiger partial charge in [0.15, 0.2) is 5.11 Å². The van der Waals surface area contributed by atoms with E-state index in [1.54, 1.807) is 11.3 Å². The van der Waals surface area contributed by atoms with Crippen molar-refractivity contribution in [3.8, 4) is 10.6 Å². The van der Waals surface area contributed by atoms with E-state index < -0.39 is 0 Å². The third kappa shape index (κ3) is 3.99. The van der Waals surface area contributed by atoms with E-state index in [1.165, 1.54) is 10.3 Å². The molecule has 1 aromatic heterocycles. The van der Waals surface area contributed by atoms with E-state index in [1.807, 2.05) is 30.3 Å². The topological polar surface area (TPSA) is 37.0 Å². The second kappa shape index (κ2) is 7.47. The quantitative estimate of drug-likeness (QED) is 0.398. The highest BCUT2D eigenvalue weighted by atomic mass is 32.1. The van der Waals surface area contributed by atoms with Gasteiger partial charge in [0.25, 0.3) is 0 Å². The van der Waals surface area contributed by atoms with E-state index in [0.29, 0.717) is 5.11 Å². The molecule has 0 aliphatic heterocycles. The lowest BCUT2D eigenvalue weighted by Crippen LogP contribution is -2.19. The number of hydrogen-bond acceptors (Lipinski definition) is 3. The lowest BCUT2D eigenvalue weighted by Gasteiger charge is -2.12. The smallest absolute Gasteiger partial charge is 0.175 e. The van der Waals surface area contributed by atoms with Crippen LogP contribution in [0.3, 0.4) is 0 Å². The normalized spacial score (nSPS) is 10.7. The summed E-state index contributed by atoms with van der Waals surface area (Å²) < 4.78 is 1.22. The maximum absolute atomic E-state index is 5.43. The number of nitrogens with one attached hydrogen (secondary N) is 2. The summed E-state index contributed by atoms with van der Waals surface area (Å²) in [6.45, 7) is 4.16. The number of rotatable bonds is 3. The number of thiocarbonyl (C=S) groups is 1. The first-order valence-electron chi connectivity index (χ1n) is 8.70. The number of fused-ring (bicyclic) bond motifs is 1. The summed E-state index contributed by atoms with van der Waals surface area (Å²) in [5.41, 5.74) is 6.52. The van der Waals surface area contributed by atoms with Crippen molar-refractivity contribution in [3.63, 3.8) is 0 Å². The minimum atomic E-state index is 0.576. The minimum Gasteiger partial charge on any atom is -0.332 e. The molecule has 0 aliphatic carbocycles. The Kier molecular flexibility index (Phi) is 4.88. The molecule has 0 spiro atoms. The maximum atomic E-state index is 5.43. The zero-order chi connectivity index (χ0) is 18.8. The predicted octanol–water partition coefficient (Wildman–Crippen LogP) is 6.39. The molecule has 3 aromatic carbocycles. The molecule has 5 heteroatoms. The highest BCUT2D eigenvalue weighted by molar-refractivity contribution is 7.80. The molecule has 0 unspecified atom stereocenters. The Morgan fingerprint density at radius 2 is 1.70 bits per heavy atom. The number of nitrogens with zero attached hydrogens (tertiary/aromatic N) is 1. The van der Waals surface area contributed by atoms with Crippen molar-refractivity contribution in [2.24, 2.45) is 0 Å². The van der Waals surface area contributed by atoms with Crippen LogP contribution < -0.4 is 10.6 Å². The zero-order valence-corrected chi connectivity index (χ0v) is 16.7. The number of benzene rings is 3. The summed E-state index contributed by atoms with van der Waals surface area (Å²) in [6.07, 6.45) is 0. The van der Waals surface area contributed by atoms with Crippen molar-refractivity contribution >= 4 is 50.3 Å². The van der Waals surface area contributed by atoms with Gasteiger partial charge in [-0.2, -0.15) is 0 Å². The maximum Gasteiger partial charge on any atom is 0.175 e. The van der Waals surface area contributed by atoms with E-state index in [2.05, 4.69) is 60.9 Å². The first-order chi connectivity index (χ1) is 13.1. The Hall–Kier alpha value is -2.76. The van der Waals surface area contributed by atoms with Crippen molar-refractivity contribution in [1.29, 1.82) is 0 Å². The van der Waals surface area contributed by atoms with Crippen molar-refractivity contribution < 1.29 is 0 Å². The summed E-state index contributed by atoms with van der Waals surface area (Å²) in [5, 5.41) is 8.08. The van der Waals surface area contributed by atoms with Gasteiger partial charge in [-0.05, 0) is 79.7 Å². The van der Waals surface area contributed by atoms with Crippen molar-refractivity contribution in [1.82, 2.24) is 4.98 Å². The molecule has 27 heavy (non-hydrogen) atoms. The summed E-state index contributed by atoms with van der Waals surface area (Å²) in [6, 6.07) is 22.6. The fourth-order valence-corrected chi connectivity index (χ4v) is 4.15. The first kappa shape index (κ1) is 17.6. The van der Waals surface area contributed by atoms with Gasteiger partial charge in [-0.1, -0.05) is 24.3 Å². The molecule has 0 fully saturated rings. The van der Waals surface area contributed by atoms with E-state index in [9.17, 15) is 0 Å². The van der Waals surface area contributed by atoms with Gasteiger partial charge in [0.2, 0.25) is 0 Å². The second-order valence-corrected chi connectivity index (χ2v) is 7.90. The second-order valence-electron chi connectivity index (χ2n) is 6.46.